The number of rotatable bonds is 7. The Kier molecular flexibility index (Phi) is 5.45. The Morgan fingerprint density at radius 3 is 1.96 bits per heavy atom. The molecule has 0 bridgehead atoms. The molecule has 1 unspecified atom stereocenters. The van der Waals surface area contributed by atoms with Crippen LogP contribution in [0, 0.1) is 0 Å². The van der Waals surface area contributed by atoms with E-state index in [-0.39, 0.29) is 12.7 Å². The molecule has 7 heteroatoms. The van der Waals surface area contributed by atoms with Crippen molar-refractivity contribution in [2.24, 2.45) is 0 Å². The van der Waals surface area contributed by atoms with Crippen LogP contribution in [0.2, 0.25) is 0 Å². The first-order valence-corrected chi connectivity index (χ1v) is 9.46. The first kappa shape index (κ1) is 18.0. The van der Waals surface area contributed by atoms with Crippen LogP contribution in [0.4, 0.5) is 0 Å². The molecule has 0 aliphatic carbocycles. The number of hydrogen-bond donors (Lipinski definition) is 0. The lowest BCUT2D eigenvalue weighted by Crippen LogP contribution is -2.24. The molecular formula is C18H21O6P. The van der Waals surface area contributed by atoms with Gasteiger partial charge in [-0.3, -0.25) is 4.52 Å². The highest BCUT2D eigenvalue weighted by Crippen LogP contribution is 2.49. The number of phosphoric acid groups is 1. The van der Waals surface area contributed by atoms with Crippen molar-refractivity contribution in [3.63, 3.8) is 0 Å². The Morgan fingerprint density at radius 2 is 1.52 bits per heavy atom. The summed E-state index contributed by atoms with van der Waals surface area (Å²) in [7, 11) is -3.89. The van der Waals surface area contributed by atoms with E-state index < -0.39 is 13.6 Å². The van der Waals surface area contributed by atoms with Gasteiger partial charge in [0.15, 0.2) is 5.79 Å². The van der Waals surface area contributed by atoms with Crippen molar-refractivity contribution >= 4 is 7.82 Å². The molecule has 3 rings (SSSR count). The molecule has 0 aromatic heterocycles. The zero-order valence-corrected chi connectivity index (χ0v) is 15.1. The van der Waals surface area contributed by atoms with Gasteiger partial charge in [0.25, 0.3) is 0 Å². The first-order chi connectivity index (χ1) is 11.9. The fourth-order valence-corrected chi connectivity index (χ4v) is 3.56. The Hall–Kier alpha value is -1.85. The summed E-state index contributed by atoms with van der Waals surface area (Å²) in [6, 6.07) is 17.5. The van der Waals surface area contributed by atoms with Gasteiger partial charge < -0.3 is 18.5 Å². The summed E-state index contributed by atoms with van der Waals surface area (Å²) >= 11 is 0. The number of para-hydroxylation sites is 2. The SMILES string of the molecule is CC1(C)OCC(COP(=O)(Oc2ccccc2)Oc2ccccc2)O1. The third-order valence-corrected chi connectivity index (χ3v) is 4.74. The van der Waals surface area contributed by atoms with Crippen molar-refractivity contribution in [2.45, 2.75) is 25.7 Å². The molecule has 2 aromatic rings. The number of benzene rings is 2. The molecule has 0 saturated carbocycles. The Morgan fingerprint density at radius 1 is 1.00 bits per heavy atom. The fourth-order valence-electron chi connectivity index (χ4n) is 2.31. The molecule has 0 radical (unpaired) electrons. The largest absolute Gasteiger partial charge is 0.587 e. The van der Waals surface area contributed by atoms with Gasteiger partial charge in [-0.25, -0.2) is 4.57 Å². The fraction of sp³-hybridized carbons (Fsp3) is 0.333. The molecule has 6 nitrogen and oxygen atoms in total. The van der Waals surface area contributed by atoms with Crippen molar-refractivity contribution in [1.82, 2.24) is 0 Å². The highest BCUT2D eigenvalue weighted by Gasteiger charge is 2.37. The van der Waals surface area contributed by atoms with Crippen LogP contribution in [0.25, 0.3) is 0 Å². The van der Waals surface area contributed by atoms with Gasteiger partial charge in [0.1, 0.15) is 17.6 Å². The third kappa shape index (κ3) is 5.31. The van der Waals surface area contributed by atoms with Crippen LogP contribution in [-0.2, 0) is 18.6 Å². The average molecular weight is 364 g/mol. The van der Waals surface area contributed by atoms with Crippen molar-refractivity contribution in [3.05, 3.63) is 60.7 Å². The van der Waals surface area contributed by atoms with E-state index in [2.05, 4.69) is 0 Å². The first-order valence-electron chi connectivity index (χ1n) is 8.00. The standard InChI is InChI=1S/C18H21O6P/c1-18(2)20-13-17(22-18)14-21-25(19,23-15-9-5-3-6-10-15)24-16-11-7-4-8-12-16/h3-12,17H,13-14H2,1-2H3. The molecule has 134 valence electrons. The van der Waals surface area contributed by atoms with Crippen molar-refractivity contribution in [3.8, 4) is 11.5 Å². The van der Waals surface area contributed by atoms with Crippen LogP contribution in [0.3, 0.4) is 0 Å². The van der Waals surface area contributed by atoms with E-state index in [0.29, 0.717) is 18.1 Å². The van der Waals surface area contributed by atoms with E-state index in [4.69, 9.17) is 23.0 Å². The maximum absolute atomic E-state index is 13.1. The van der Waals surface area contributed by atoms with Gasteiger partial charge in [0.2, 0.25) is 0 Å². The van der Waals surface area contributed by atoms with E-state index in [1.807, 2.05) is 26.0 Å². The summed E-state index contributed by atoms with van der Waals surface area (Å²) in [5.74, 6) is 0.106. The van der Waals surface area contributed by atoms with Gasteiger partial charge in [0, 0.05) is 0 Å². The average Bonchev–Trinajstić information content (AvgIpc) is 2.94. The second kappa shape index (κ2) is 7.58. The summed E-state index contributed by atoms with van der Waals surface area (Å²) in [5.41, 5.74) is 0. The van der Waals surface area contributed by atoms with E-state index in [1.165, 1.54) is 0 Å². The van der Waals surface area contributed by atoms with Crippen LogP contribution >= 0.6 is 7.82 Å². The van der Waals surface area contributed by atoms with Crippen LogP contribution in [0.15, 0.2) is 60.7 Å². The minimum absolute atomic E-state index is 0.0281. The smallest absolute Gasteiger partial charge is 0.395 e. The van der Waals surface area contributed by atoms with Gasteiger partial charge in [-0.1, -0.05) is 36.4 Å². The van der Waals surface area contributed by atoms with Gasteiger partial charge >= 0.3 is 7.82 Å². The van der Waals surface area contributed by atoms with E-state index in [0.717, 1.165) is 0 Å². The van der Waals surface area contributed by atoms with E-state index in [9.17, 15) is 4.57 Å². The van der Waals surface area contributed by atoms with Gasteiger partial charge in [-0.15, -0.1) is 0 Å². The molecule has 0 N–H and O–H groups in total. The number of hydrogen-bond acceptors (Lipinski definition) is 6. The lowest BCUT2D eigenvalue weighted by Gasteiger charge is -2.21. The predicted molar refractivity (Wildman–Crippen MR) is 92.6 cm³/mol. The van der Waals surface area contributed by atoms with Crippen LogP contribution in [0.5, 0.6) is 11.5 Å². The molecule has 25 heavy (non-hydrogen) atoms. The Bertz CT molecular complexity index is 673. The third-order valence-electron chi connectivity index (χ3n) is 3.41. The normalized spacial score (nSPS) is 19.5. The predicted octanol–water partition coefficient (Wildman–Crippen LogP) is 4.42. The summed E-state index contributed by atoms with van der Waals surface area (Å²) < 4.78 is 40.8. The molecule has 1 atom stereocenters. The van der Waals surface area contributed by atoms with E-state index in [1.54, 1.807) is 48.5 Å². The van der Waals surface area contributed by atoms with Crippen molar-refractivity contribution < 1.29 is 27.6 Å². The molecule has 1 saturated heterocycles. The topological polar surface area (TPSA) is 63.2 Å². The maximum atomic E-state index is 13.1. The Labute approximate surface area is 147 Å². The minimum Gasteiger partial charge on any atom is -0.395 e. The van der Waals surface area contributed by atoms with Crippen LogP contribution in [0.1, 0.15) is 13.8 Å². The molecule has 1 aliphatic rings. The quantitative estimate of drug-likeness (QED) is 0.678. The van der Waals surface area contributed by atoms with Gasteiger partial charge in [-0.05, 0) is 38.1 Å². The number of phosphoric ester groups is 1. The van der Waals surface area contributed by atoms with Gasteiger partial charge in [-0.2, -0.15) is 0 Å². The second-order valence-corrected chi connectivity index (χ2v) is 7.52. The minimum atomic E-state index is -3.89. The zero-order valence-electron chi connectivity index (χ0n) is 14.2. The van der Waals surface area contributed by atoms with Crippen molar-refractivity contribution in [1.29, 1.82) is 0 Å². The molecule has 1 aliphatic heterocycles. The summed E-state index contributed by atoms with van der Waals surface area (Å²) in [6.45, 7) is 4.01. The van der Waals surface area contributed by atoms with E-state index >= 15 is 0 Å². The lowest BCUT2D eigenvalue weighted by molar-refractivity contribution is -0.141. The molecule has 1 heterocycles. The summed E-state index contributed by atoms with van der Waals surface area (Å²) in [4.78, 5) is 0. The summed E-state index contributed by atoms with van der Waals surface area (Å²) in [5, 5.41) is 0. The Balaban J connectivity index is 1.71. The van der Waals surface area contributed by atoms with Crippen LogP contribution < -0.4 is 9.05 Å². The maximum Gasteiger partial charge on any atom is 0.587 e. The highest BCUT2D eigenvalue weighted by molar-refractivity contribution is 7.49. The monoisotopic (exact) mass is 364 g/mol. The highest BCUT2D eigenvalue weighted by atomic mass is 31.2. The number of ether oxygens (including phenoxy) is 2. The summed E-state index contributed by atoms with van der Waals surface area (Å²) in [6.07, 6.45) is -0.345. The lowest BCUT2D eigenvalue weighted by atomic mass is 10.3. The van der Waals surface area contributed by atoms with Crippen LogP contribution in [-0.4, -0.2) is 25.1 Å². The molecule has 1 fully saturated rings. The molecule has 2 aromatic carbocycles. The molecule has 0 amide bonds. The molecular weight excluding hydrogens is 343 g/mol. The van der Waals surface area contributed by atoms with Gasteiger partial charge in [0.05, 0.1) is 13.2 Å². The van der Waals surface area contributed by atoms with Crippen molar-refractivity contribution in [2.75, 3.05) is 13.2 Å². The zero-order chi connectivity index (χ0) is 17.8. The second-order valence-electron chi connectivity index (χ2n) is 6.00. The molecule has 0 spiro atoms.